The Bertz CT molecular complexity index is 386. The predicted octanol–water partition coefficient (Wildman–Crippen LogP) is -7.53. The summed E-state index contributed by atoms with van der Waals surface area (Å²) in [5.74, 6) is 0. The fraction of sp³-hybridized carbons (Fsp3) is 0. The molecule has 0 saturated heterocycles. The largest absolute Gasteiger partial charge is 3.00 e. The predicted molar refractivity (Wildman–Crippen MR) is 12.6 cm³/mol. The van der Waals surface area contributed by atoms with Crippen molar-refractivity contribution in [3.8, 4) is 0 Å². The van der Waals surface area contributed by atoms with Crippen molar-refractivity contribution in [1.82, 2.24) is 0 Å². The van der Waals surface area contributed by atoms with Gasteiger partial charge in [0.15, 0.2) is 0 Å². The molecule has 3 radical (unpaired) electrons. The second kappa shape index (κ2) is 39.8. The summed E-state index contributed by atoms with van der Waals surface area (Å²) in [6.07, 6.45) is 0. The van der Waals surface area contributed by atoms with Gasteiger partial charge in [0, 0.05) is 0 Å². The summed E-state index contributed by atoms with van der Waals surface area (Å²) in [6, 6.07) is 0. The van der Waals surface area contributed by atoms with Crippen molar-refractivity contribution in [3.05, 3.63) is 0 Å². The molecule has 0 atom stereocenters. The van der Waals surface area contributed by atoms with Crippen LogP contribution in [0.3, 0.4) is 0 Å². The zero-order chi connectivity index (χ0) is 17.9. The third kappa shape index (κ3) is 811. The van der Waals surface area contributed by atoms with Gasteiger partial charge in [-0.3, -0.25) is 0 Å². The van der Waals surface area contributed by atoms with Crippen LogP contribution in [0.2, 0.25) is 0 Å². The third-order valence-corrected chi connectivity index (χ3v) is 0. The molecule has 0 N–H and O–H groups in total. The Labute approximate surface area is 213 Å². The summed E-state index contributed by atoms with van der Waals surface area (Å²) in [4.78, 5) is 0. The van der Waals surface area contributed by atoms with Gasteiger partial charge in [0.2, 0.25) is 0 Å². The Balaban J connectivity index is -0.0000000250. The van der Waals surface area contributed by atoms with E-state index in [1.165, 1.54) is 0 Å². The molecule has 133 valence electrons. The second-order valence-corrected chi connectivity index (χ2v) is 6.61. The van der Waals surface area contributed by atoms with Gasteiger partial charge in [0.1, 0.15) is 0 Å². The van der Waals surface area contributed by atoms with Gasteiger partial charge in [-0.25, -0.2) is 0 Å². The molecule has 0 amide bonds. The van der Waals surface area contributed by atoms with E-state index in [2.05, 4.69) is 0 Å². The second-order valence-electron chi connectivity index (χ2n) is 1.12. The molecular weight excluding hydrogens is 1080 g/mol. The summed E-state index contributed by atoms with van der Waals surface area (Å²) in [6.45, 7) is 0. The van der Waals surface area contributed by atoms with E-state index in [0.717, 1.165) is 0 Å². The first kappa shape index (κ1) is 45.0. The summed E-state index contributed by atoms with van der Waals surface area (Å²) < 4.78 is 129. The summed E-state index contributed by atoms with van der Waals surface area (Å²) in [5, 5.41) is 0. The molecule has 0 aliphatic heterocycles. The number of rotatable bonds is 0. The number of hydrogen-bond acceptors (Lipinski definition) is 15. The molecule has 0 bridgehead atoms. The van der Waals surface area contributed by atoms with Crippen LogP contribution in [0, 0.1) is 46.9 Å². The normalized spacial score (nSPS) is 5.68. The van der Waals surface area contributed by atoms with Crippen molar-refractivity contribution in [3.63, 3.8) is 0 Å². The van der Waals surface area contributed by atoms with E-state index >= 15 is 0 Å². The van der Waals surface area contributed by atoms with Gasteiger partial charge in [-0.15, -0.1) is 0 Å². The van der Waals surface area contributed by atoms with Crippen molar-refractivity contribution in [2.45, 2.75) is 0 Å². The molecule has 0 aliphatic rings. The molecule has 0 fully saturated rings. The molecule has 0 aromatic heterocycles. The summed E-state index contributed by atoms with van der Waals surface area (Å²) >= 11 is -21.0. The van der Waals surface area contributed by atoms with E-state index < -0.39 is 93.9 Å². The van der Waals surface area contributed by atoms with Crippen LogP contribution >= 0.6 is 0 Å². The molecule has 0 aromatic carbocycles. The molecule has 15 nitrogen and oxygen atoms in total. The quantitative estimate of drug-likeness (QED) is 0.204. The molecule has 0 rings (SSSR count). The first-order chi connectivity index (χ1) is 8.66. The van der Waals surface area contributed by atoms with E-state index in [4.69, 9.17) is 50.6 Å². The smallest absolute Gasteiger partial charge is 2.00 e. The van der Waals surface area contributed by atoms with E-state index in [-0.39, 0.29) is 74.2 Å². The van der Waals surface area contributed by atoms with Gasteiger partial charge in [0.05, 0.1) is 0 Å². The molecule has 0 unspecified atom stereocenters. The molecule has 22 heteroatoms. The van der Waals surface area contributed by atoms with Gasteiger partial charge in [0.25, 0.3) is 0 Å². The van der Waals surface area contributed by atoms with E-state index in [9.17, 15) is 0 Å². The van der Waals surface area contributed by atoms with Gasteiger partial charge < -0.3 is 0 Å². The van der Waals surface area contributed by atoms with E-state index in [1.54, 1.807) is 0 Å². The van der Waals surface area contributed by atoms with Gasteiger partial charge >= 0.3 is 219 Å². The number of hydrogen-bond donors (Lipinski definition) is 0. The fourth-order valence-electron chi connectivity index (χ4n) is 0. The Morgan fingerprint density at radius 2 is 0.364 bits per heavy atom. The minimum atomic E-state index is -4.20. The minimum absolute atomic E-state index is 0. The maximum atomic E-state index is 8.60. The van der Waals surface area contributed by atoms with Crippen LogP contribution in [0.15, 0.2) is 0 Å². The molecule has 0 aromatic rings. The summed E-state index contributed by atoms with van der Waals surface area (Å²) in [7, 11) is 0. The first-order valence-electron chi connectivity index (χ1n) is 2.74. The Kier molecular flexibility index (Phi) is 81.5. The standard InChI is InChI=1S/5Nb.15O.Pb.Yb/q;;;;;;;;;;;;;;;5*-1;+2;+3. The van der Waals surface area contributed by atoms with Gasteiger partial charge in [-0.05, 0) is 0 Å². The van der Waals surface area contributed by atoms with Crippen LogP contribution in [0.1, 0.15) is 0 Å². The van der Waals surface area contributed by atoms with Crippen LogP contribution in [-0.2, 0) is 126 Å². The molecular formula is Nb5O15PbYb. The maximum absolute atomic E-state index is 8.60. The Morgan fingerprint density at radius 1 is 0.364 bits per heavy atom. The minimum Gasteiger partial charge on any atom is 2.00 e. The van der Waals surface area contributed by atoms with E-state index in [0.29, 0.717) is 0 Å². The Hall–Kier alpha value is 3.94. The van der Waals surface area contributed by atoms with Crippen molar-refractivity contribution < 1.29 is 191 Å². The Morgan fingerprint density at radius 3 is 0.364 bits per heavy atom. The van der Waals surface area contributed by atoms with Gasteiger partial charge in [-0.1, -0.05) is 0 Å². The topological polar surface area (TPSA) is 286 Å². The molecule has 0 saturated carbocycles. The third-order valence-electron chi connectivity index (χ3n) is 0. The average Bonchev–Trinajstić information content (AvgIpc) is 1.94. The average molecular weight is 1080 g/mol. The van der Waals surface area contributed by atoms with Crippen LogP contribution in [0.25, 0.3) is 0 Å². The SMILES string of the molecule is [O]=[Nb](=[O])[O-].[O]=[Nb](=[O])[O-].[O]=[Nb](=[O])[O-].[O]=[Nb](=[O])[O-].[O]=[Nb](=[O])[O-].[Pb+2].[Yb+3]. The first-order valence-corrected chi connectivity index (χ1v) is 16.2. The van der Waals surface area contributed by atoms with Crippen LogP contribution < -0.4 is 18.1 Å². The fourth-order valence-corrected chi connectivity index (χ4v) is 0. The molecule has 0 spiro atoms. The zero-order valence-corrected chi connectivity index (χ0v) is 25.7. The van der Waals surface area contributed by atoms with Crippen LogP contribution in [0.4, 0.5) is 0 Å². The molecule has 0 heterocycles. The molecule has 0 aliphatic carbocycles. The van der Waals surface area contributed by atoms with Gasteiger partial charge in [-0.2, -0.15) is 0 Å². The summed E-state index contributed by atoms with van der Waals surface area (Å²) in [5.41, 5.74) is 0. The van der Waals surface area contributed by atoms with Crippen molar-refractivity contribution in [2.24, 2.45) is 0 Å². The van der Waals surface area contributed by atoms with Crippen LogP contribution in [-0.4, -0.2) is 27.3 Å². The van der Waals surface area contributed by atoms with Crippen LogP contribution in [0.5, 0.6) is 0 Å². The zero-order valence-electron chi connectivity index (χ0n) is 9.13. The van der Waals surface area contributed by atoms with E-state index in [1.807, 2.05) is 0 Å². The maximum Gasteiger partial charge on any atom is 3.00 e. The van der Waals surface area contributed by atoms with Crippen molar-refractivity contribution in [1.29, 1.82) is 0 Å². The monoisotopic (exact) mass is 1090 g/mol. The van der Waals surface area contributed by atoms with Crippen molar-refractivity contribution >= 4 is 27.3 Å². The van der Waals surface area contributed by atoms with Crippen molar-refractivity contribution in [2.75, 3.05) is 0 Å². The molecule has 22 heavy (non-hydrogen) atoms.